The Morgan fingerprint density at radius 3 is 2.83 bits per heavy atom. The van der Waals surface area contributed by atoms with Crippen molar-refractivity contribution in [3.05, 3.63) is 65.9 Å². The van der Waals surface area contributed by atoms with Crippen molar-refractivity contribution >= 4 is 11.0 Å². The highest BCUT2D eigenvalue weighted by molar-refractivity contribution is 5.80. The molecule has 5 heteroatoms. The average molecular weight is 409 g/mol. The van der Waals surface area contributed by atoms with Crippen molar-refractivity contribution < 1.29 is 13.5 Å². The summed E-state index contributed by atoms with van der Waals surface area (Å²) in [6.07, 6.45) is 11.6. The summed E-state index contributed by atoms with van der Waals surface area (Å²) in [6, 6.07) is 10.9. The van der Waals surface area contributed by atoms with Gasteiger partial charge >= 0.3 is 0 Å². The van der Waals surface area contributed by atoms with Crippen molar-refractivity contribution in [2.75, 3.05) is 13.2 Å². The van der Waals surface area contributed by atoms with Crippen LogP contribution in [0.4, 0.5) is 4.39 Å². The number of hydrogen-bond donors (Lipinski definition) is 1. The monoisotopic (exact) mass is 408 g/mol. The number of nitrogens with one attached hydrogen (secondary N) is 1. The number of pyridine rings is 1. The van der Waals surface area contributed by atoms with E-state index in [1.165, 1.54) is 37.4 Å². The first kappa shape index (κ1) is 19.7. The van der Waals surface area contributed by atoms with E-state index >= 15 is 0 Å². The lowest BCUT2D eigenvalue weighted by Crippen LogP contribution is -2.47. The van der Waals surface area contributed by atoms with Crippen LogP contribution in [-0.4, -0.2) is 23.7 Å². The molecule has 5 rings (SSSR count). The molecule has 1 saturated heterocycles. The number of rotatable bonds is 6. The second-order valence-electron chi connectivity index (χ2n) is 8.99. The van der Waals surface area contributed by atoms with Crippen LogP contribution >= 0.6 is 0 Å². The Morgan fingerprint density at radius 2 is 2.00 bits per heavy atom. The van der Waals surface area contributed by atoms with Gasteiger partial charge in [0.05, 0.1) is 11.9 Å². The van der Waals surface area contributed by atoms with Gasteiger partial charge in [-0.05, 0) is 69.0 Å². The van der Waals surface area contributed by atoms with Gasteiger partial charge in [-0.1, -0.05) is 18.9 Å². The van der Waals surface area contributed by atoms with Gasteiger partial charge in [0.2, 0.25) is 0 Å². The Labute approximate surface area is 176 Å². The zero-order chi connectivity index (χ0) is 20.4. The largest absolute Gasteiger partial charge is 0.464 e. The highest BCUT2D eigenvalue weighted by atomic mass is 19.1. The van der Waals surface area contributed by atoms with E-state index < -0.39 is 0 Å². The fraction of sp³-hybridized carbons (Fsp3) is 0.480. The molecule has 1 N–H and O–H groups in total. The van der Waals surface area contributed by atoms with E-state index in [0.29, 0.717) is 6.54 Å². The third-order valence-electron chi connectivity index (χ3n) is 7.08. The van der Waals surface area contributed by atoms with Crippen LogP contribution in [0.5, 0.6) is 0 Å². The standard InChI is InChI=1S/C25H29FN2O2/c26-20-6-7-22-21(15-20)19(17-29-22)16-27-13-10-24(23-5-1-4-12-28-23)11-14-30-25(18-24)8-2-3-9-25/h1,4-7,12,15,17,27H,2-3,8-11,13-14,16,18H2/t24-/m1/s1. The minimum atomic E-state index is -0.233. The summed E-state index contributed by atoms with van der Waals surface area (Å²) in [4.78, 5) is 4.77. The lowest BCUT2D eigenvalue weighted by atomic mass is 9.68. The molecule has 1 saturated carbocycles. The number of aromatic nitrogens is 1. The summed E-state index contributed by atoms with van der Waals surface area (Å²) in [5.74, 6) is -0.233. The first-order chi connectivity index (χ1) is 14.7. The van der Waals surface area contributed by atoms with E-state index in [-0.39, 0.29) is 16.8 Å². The number of nitrogens with zero attached hydrogens (tertiary/aromatic N) is 1. The van der Waals surface area contributed by atoms with Crippen LogP contribution in [0.1, 0.15) is 56.2 Å². The molecule has 2 aromatic heterocycles. The van der Waals surface area contributed by atoms with E-state index in [1.54, 1.807) is 18.4 Å². The molecule has 0 amide bonds. The molecule has 0 unspecified atom stereocenters. The minimum Gasteiger partial charge on any atom is -0.464 e. The molecule has 2 aliphatic rings. The molecule has 30 heavy (non-hydrogen) atoms. The summed E-state index contributed by atoms with van der Waals surface area (Å²) in [5, 5.41) is 4.41. The lowest BCUT2D eigenvalue weighted by molar-refractivity contribution is -0.104. The zero-order valence-electron chi connectivity index (χ0n) is 17.3. The number of fused-ring (bicyclic) bond motifs is 1. The topological polar surface area (TPSA) is 47.3 Å². The third-order valence-corrected chi connectivity index (χ3v) is 7.08. The zero-order valence-corrected chi connectivity index (χ0v) is 17.3. The Morgan fingerprint density at radius 1 is 1.10 bits per heavy atom. The molecule has 1 aliphatic heterocycles. The highest BCUT2D eigenvalue weighted by Gasteiger charge is 2.48. The van der Waals surface area contributed by atoms with Crippen LogP contribution in [0.15, 0.2) is 53.3 Å². The van der Waals surface area contributed by atoms with Crippen molar-refractivity contribution in [2.45, 2.75) is 62.5 Å². The van der Waals surface area contributed by atoms with Gasteiger partial charge in [0.1, 0.15) is 11.4 Å². The van der Waals surface area contributed by atoms with Crippen LogP contribution in [-0.2, 0) is 16.7 Å². The van der Waals surface area contributed by atoms with Crippen molar-refractivity contribution in [2.24, 2.45) is 0 Å². The fourth-order valence-electron chi connectivity index (χ4n) is 5.54. The Kier molecular flexibility index (Phi) is 5.34. The maximum absolute atomic E-state index is 13.6. The maximum Gasteiger partial charge on any atom is 0.134 e. The molecule has 1 atom stereocenters. The van der Waals surface area contributed by atoms with E-state index in [1.807, 2.05) is 12.3 Å². The van der Waals surface area contributed by atoms with Crippen LogP contribution < -0.4 is 5.32 Å². The molecule has 4 nitrogen and oxygen atoms in total. The second kappa shape index (κ2) is 8.12. The first-order valence-electron chi connectivity index (χ1n) is 11.1. The molecular formula is C25H29FN2O2. The highest BCUT2D eigenvalue weighted by Crippen LogP contribution is 2.49. The SMILES string of the molecule is Fc1ccc2occ(CNCC[C@@]3(c4ccccn4)CCOC4(CCCC4)C3)c2c1. The summed E-state index contributed by atoms with van der Waals surface area (Å²) < 4.78 is 25.5. The number of benzene rings is 1. The predicted molar refractivity (Wildman–Crippen MR) is 115 cm³/mol. The summed E-state index contributed by atoms with van der Waals surface area (Å²) in [6.45, 7) is 2.34. The van der Waals surface area contributed by atoms with Crippen molar-refractivity contribution in [3.63, 3.8) is 0 Å². The summed E-state index contributed by atoms with van der Waals surface area (Å²) in [7, 11) is 0. The van der Waals surface area contributed by atoms with Crippen LogP contribution in [0.2, 0.25) is 0 Å². The predicted octanol–water partition coefficient (Wildman–Crippen LogP) is 5.51. The number of halogens is 1. The molecule has 1 spiro atoms. The van der Waals surface area contributed by atoms with Gasteiger partial charge < -0.3 is 14.5 Å². The first-order valence-corrected chi connectivity index (χ1v) is 11.1. The van der Waals surface area contributed by atoms with E-state index in [0.717, 1.165) is 48.9 Å². The summed E-state index contributed by atoms with van der Waals surface area (Å²) in [5.41, 5.74) is 2.99. The molecule has 3 aromatic rings. The maximum atomic E-state index is 13.6. The van der Waals surface area contributed by atoms with Gasteiger partial charge in [-0.3, -0.25) is 4.98 Å². The number of furan rings is 1. The quantitative estimate of drug-likeness (QED) is 0.547. The molecule has 3 heterocycles. The second-order valence-corrected chi connectivity index (χ2v) is 8.99. The van der Waals surface area contributed by atoms with Crippen molar-refractivity contribution in [3.8, 4) is 0 Å². The molecule has 0 radical (unpaired) electrons. The molecule has 1 aliphatic carbocycles. The smallest absolute Gasteiger partial charge is 0.134 e. The molecule has 2 fully saturated rings. The van der Waals surface area contributed by atoms with Gasteiger partial charge in [-0.15, -0.1) is 0 Å². The minimum absolute atomic E-state index is 0.0358. The van der Waals surface area contributed by atoms with Gasteiger partial charge in [0.25, 0.3) is 0 Å². The molecule has 158 valence electrons. The van der Waals surface area contributed by atoms with Gasteiger partial charge in [-0.2, -0.15) is 0 Å². The lowest BCUT2D eigenvalue weighted by Gasteiger charge is -2.46. The van der Waals surface area contributed by atoms with Crippen LogP contribution in [0.3, 0.4) is 0 Å². The van der Waals surface area contributed by atoms with E-state index in [4.69, 9.17) is 14.1 Å². The van der Waals surface area contributed by atoms with Gasteiger partial charge in [-0.25, -0.2) is 4.39 Å². The third kappa shape index (κ3) is 3.77. The Balaban J connectivity index is 1.30. The molecule has 1 aromatic carbocycles. The Bertz CT molecular complexity index is 997. The summed E-state index contributed by atoms with van der Waals surface area (Å²) >= 11 is 0. The Hall–Kier alpha value is -2.24. The van der Waals surface area contributed by atoms with Crippen LogP contribution in [0, 0.1) is 5.82 Å². The van der Waals surface area contributed by atoms with Crippen molar-refractivity contribution in [1.29, 1.82) is 0 Å². The number of ether oxygens (including phenoxy) is 1. The van der Waals surface area contributed by atoms with E-state index in [9.17, 15) is 4.39 Å². The fourth-order valence-corrected chi connectivity index (χ4v) is 5.54. The van der Waals surface area contributed by atoms with Gasteiger partial charge in [0.15, 0.2) is 0 Å². The van der Waals surface area contributed by atoms with Gasteiger partial charge in [0, 0.05) is 41.4 Å². The number of hydrogen-bond acceptors (Lipinski definition) is 4. The average Bonchev–Trinajstić information content (AvgIpc) is 3.39. The molecular weight excluding hydrogens is 379 g/mol. The van der Waals surface area contributed by atoms with Crippen LogP contribution in [0.25, 0.3) is 11.0 Å². The normalized spacial score (nSPS) is 23.4. The van der Waals surface area contributed by atoms with E-state index in [2.05, 4.69) is 17.4 Å². The van der Waals surface area contributed by atoms with Crippen molar-refractivity contribution in [1.82, 2.24) is 10.3 Å². The molecule has 0 bridgehead atoms.